The second-order valence-electron chi connectivity index (χ2n) is 9.36. The van der Waals surface area contributed by atoms with Crippen LogP contribution in [-0.4, -0.2) is 30.2 Å². The third-order valence-electron chi connectivity index (χ3n) is 8.56. The van der Waals surface area contributed by atoms with Crippen molar-refractivity contribution in [2.45, 2.75) is 77.4 Å². The van der Waals surface area contributed by atoms with E-state index in [1.807, 2.05) is 7.11 Å². The maximum Gasteiger partial charge on any atom is 0.139 e. The van der Waals surface area contributed by atoms with Crippen LogP contribution in [-0.2, 0) is 9.53 Å². The van der Waals surface area contributed by atoms with E-state index in [4.69, 9.17) is 4.74 Å². The zero-order valence-corrected chi connectivity index (χ0v) is 14.9. The minimum absolute atomic E-state index is 0.104. The smallest absolute Gasteiger partial charge is 0.139 e. The Balaban J connectivity index is 1.71. The Labute approximate surface area is 140 Å². The Morgan fingerprint density at radius 2 is 1.96 bits per heavy atom. The highest BCUT2D eigenvalue weighted by Crippen LogP contribution is 2.65. The lowest BCUT2D eigenvalue weighted by Crippen LogP contribution is -2.59. The van der Waals surface area contributed by atoms with Crippen LogP contribution in [0.25, 0.3) is 0 Å². The van der Waals surface area contributed by atoms with Crippen molar-refractivity contribution in [3.63, 3.8) is 0 Å². The predicted molar refractivity (Wildman–Crippen MR) is 88.9 cm³/mol. The fraction of sp³-hybridized carbons (Fsp3) is 0.950. The van der Waals surface area contributed by atoms with Gasteiger partial charge < -0.3 is 9.84 Å². The van der Waals surface area contributed by atoms with E-state index in [-0.39, 0.29) is 23.0 Å². The molecule has 0 heterocycles. The van der Waals surface area contributed by atoms with Crippen LogP contribution in [0.4, 0.5) is 0 Å². The minimum atomic E-state index is -0.140. The topological polar surface area (TPSA) is 46.5 Å². The van der Waals surface area contributed by atoms with E-state index >= 15 is 0 Å². The number of aliphatic hydroxyl groups is 1. The van der Waals surface area contributed by atoms with Gasteiger partial charge in [-0.2, -0.15) is 0 Å². The van der Waals surface area contributed by atoms with E-state index in [1.54, 1.807) is 0 Å². The van der Waals surface area contributed by atoms with E-state index in [0.717, 1.165) is 38.5 Å². The molecule has 0 amide bonds. The summed E-state index contributed by atoms with van der Waals surface area (Å²) in [7, 11) is 1.84. The lowest BCUT2D eigenvalue weighted by molar-refractivity contribution is -0.182. The van der Waals surface area contributed by atoms with Crippen LogP contribution < -0.4 is 0 Å². The van der Waals surface area contributed by atoms with Crippen molar-refractivity contribution in [1.82, 2.24) is 0 Å². The van der Waals surface area contributed by atoms with Gasteiger partial charge in [-0.1, -0.05) is 13.8 Å². The van der Waals surface area contributed by atoms with Crippen LogP contribution in [0.1, 0.15) is 65.2 Å². The quantitative estimate of drug-likeness (QED) is 0.803. The van der Waals surface area contributed by atoms with Gasteiger partial charge in [0.15, 0.2) is 0 Å². The van der Waals surface area contributed by atoms with Gasteiger partial charge in [-0.3, -0.25) is 4.79 Å². The van der Waals surface area contributed by atoms with Crippen LogP contribution in [0.5, 0.6) is 0 Å². The first-order chi connectivity index (χ1) is 10.9. The molecular weight excluding hydrogens is 288 g/mol. The molecule has 0 saturated heterocycles. The first-order valence-electron chi connectivity index (χ1n) is 9.64. The van der Waals surface area contributed by atoms with Crippen molar-refractivity contribution in [1.29, 1.82) is 0 Å². The summed E-state index contributed by atoms with van der Waals surface area (Å²) in [4.78, 5) is 12.6. The molecule has 0 aliphatic heterocycles. The predicted octanol–water partition coefficient (Wildman–Crippen LogP) is 3.58. The molecule has 4 fully saturated rings. The van der Waals surface area contributed by atoms with Crippen molar-refractivity contribution < 1.29 is 14.6 Å². The number of methoxy groups -OCH3 is 1. The van der Waals surface area contributed by atoms with Gasteiger partial charge in [-0.05, 0) is 74.0 Å². The van der Waals surface area contributed by atoms with E-state index in [2.05, 4.69) is 13.8 Å². The molecule has 1 N–H and O–H groups in total. The molecule has 0 aromatic heterocycles. The summed E-state index contributed by atoms with van der Waals surface area (Å²) in [5, 5.41) is 10.1. The van der Waals surface area contributed by atoms with Gasteiger partial charge >= 0.3 is 0 Å². The number of ether oxygens (including phenoxy) is 1. The average Bonchev–Trinajstić information content (AvgIpc) is 2.82. The molecule has 4 aliphatic carbocycles. The van der Waals surface area contributed by atoms with Crippen molar-refractivity contribution in [2.24, 2.45) is 34.5 Å². The SMILES string of the molecule is CO[C@H]1C[C@]2(C)C(=O)CC[C@H]2[C@@H]2CC[C@H]3C[C@H](O)CC[C@]3(C)[C@H]21. The van der Waals surface area contributed by atoms with E-state index in [1.165, 1.54) is 12.8 Å². The van der Waals surface area contributed by atoms with Gasteiger partial charge in [0.05, 0.1) is 12.2 Å². The van der Waals surface area contributed by atoms with Gasteiger partial charge in [0, 0.05) is 18.9 Å². The van der Waals surface area contributed by atoms with E-state index in [0.29, 0.717) is 29.5 Å². The number of carbonyl (C=O) groups excluding carboxylic acids is 1. The summed E-state index contributed by atoms with van der Waals surface area (Å²) in [6.07, 6.45) is 8.38. The molecule has 0 bridgehead atoms. The molecule has 0 unspecified atom stereocenters. The molecule has 130 valence electrons. The van der Waals surface area contributed by atoms with Crippen LogP contribution in [0, 0.1) is 34.5 Å². The Hall–Kier alpha value is -0.410. The van der Waals surface area contributed by atoms with Crippen molar-refractivity contribution >= 4 is 5.78 Å². The molecule has 3 heteroatoms. The normalized spacial score (nSPS) is 55.9. The molecule has 0 radical (unpaired) electrons. The second-order valence-corrected chi connectivity index (χ2v) is 9.36. The first-order valence-corrected chi connectivity index (χ1v) is 9.64. The summed E-state index contributed by atoms with van der Waals surface area (Å²) >= 11 is 0. The van der Waals surface area contributed by atoms with Gasteiger partial charge in [-0.15, -0.1) is 0 Å². The molecule has 0 spiro atoms. The van der Waals surface area contributed by atoms with Gasteiger partial charge in [0.25, 0.3) is 0 Å². The summed E-state index contributed by atoms with van der Waals surface area (Å²) in [5.41, 5.74) is 0.148. The summed E-state index contributed by atoms with van der Waals surface area (Å²) in [6.45, 7) is 4.68. The third-order valence-corrected chi connectivity index (χ3v) is 8.56. The summed E-state index contributed by atoms with van der Waals surface area (Å²) < 4.78 is 6.01. The molecular formula is C20H32O3. The highest BCUT2D eigenvalue weighted by atomic mass is 16.5. The number of fused-ring (bicyclic) bond motifs is 5. The maximum atomic E-state index is 12.6. The van der Waals surface area contributed by atoms with E-state index in [9.17, 15) is 9.90 Å². The van der Waals surface area contributed by atoms with Crippen molar-refractivity contribution in [2.75, 3.05) is 7.11 Å². The molecule has 4 aliphatic rings. The Morgan fingerprint density at radius 1 is 1.17 bits per heavy atom. The number of hydrogen-bond donors (Lipinski definition) is 1. The van der Waals surface area contributed by atoms with E-state index < -0.39 is 0 Å². The van der Waals surface area contributed by atoms with Gasteiger partial charge in [0.1, 0.15) is 5.78 Å². The molecule has 23 heavy (non-hydrogen) atoms. The maximum absolute atomic E-state index is 12.6. The first kappa shape index (κ1) is 16.1. The third kappa shape index (κ3) is 2.12. The average molecular weight is 320 g/mol. The molecule has 0 aromatic carbocycles. The Bertz CT molecular complexity index is 503. The summed E-state index contributed by atoms with van der Waals surface area (Å²) in [6, 6.07) is 0. The van der Waals surface area contributed by atoms with Crippen LogP contribution >= 0.6 is 0 Å². The standard InChI is InChI=1S/C20H32O3/c1-19-9-8-13(21)10-12(19)4-5-14-15-6-7-17(22)20(15,2)11-16(23-3)18(14)19/h12-16,18,21H,4-11H2,1-3H3/t12-,13+,14-,15-,16-,18+,19-,20-/m0/s1. The number of aliphatic hydroxyl groups excluding tert-OH is 1. The number of Topliss-reactive ketones (excluding diaryl/α,β-unsaturated/α-hetero) is 1. The van der Waals surface area contributed by atoms with Crippen molar-refractivity contribution in [3.8, 4) is 0 Å². The number of hydrogen-bond acceptors (Lipinski definition) is 3. The lowest BCUT2D eigenvalue weighted by atomic mass is 9.44. The largest absolute Gasteiger partial charge is 0.393 e. The van der Waals surface area contributed by atoms with Gasteiger partial charge in [-0.25, -0.2) is 0 Å². The Morgan fingerprint density at radius 3 is 2.70 bits per heavy atom. The molecule has 4 saturated carbocycles. The van der Waals surface area contributed by atoms with Crippen LogP contribution in [0.15, 0.2) is 0 Å². The zero-order chi connectivity index (χ0) is 16.4. The second kappa shape index (κ2) is 5.29. The highest BCUT2D eigenvalue weighted by Gasteiger charge is 2.63. The molecule has 4 rings (SSSR count). The molecule has 8 atom stereocenters. The fourth-order valence-electron chi connectivity index (χ4n) is 7.32. The van der Waals surface area contributed by atoms with Crippen LogP contribution in [0.3, 0.4) is 0 Å². The monoisotopic (exact) mass is 320 g/mol. The summed E-state index contributed by atoms with van der Waals surface area (Å²) in [5.74, 6) is 2.89. The Kier molecular flexibility index (Phi) is 3.70. The number of ketones is 1. The van der Waals surface area contributed by atoms with Crippen molar-refractivity contribution in [3.05, 3.63) is 0 Å². The number of rotatable bonds is 1. The lowest BCUT2D eigenvalue weighted by Gasteiger charge is -2.62. The zero-order valence-electron chi connectivity index (χ0n) is 14.9. The highest BCUT2D eigenvalue weighted by molar-refractivity contribution is 5.87. The van der Waals surface area contributed by atoms with Crippen LogP contribution in [0.2, 0.25) is 0 Å². The number of carbonyl (C=O) groups is 1. The minimum Gasteiger partial charge on any atom is -0.393 e. The molecule has 0 aromatic rings. The van der Waals surface area contributed by atoms with Gasteiger partial charge in [0.2, 0.25) is 0 Å². The molecule has 3 nitrogen and oxygen atoms in total. The fourth-order valence-corrected chi connectivity index (χ4v) is 7.32.